The zero-order chi connectivity index (χ0) is 9.14. The van der Waals surface area contributed by atoms with Crippen molar-refractivity contribution in [2.75, 3.05) is 19.0 Å². The first kappa shape index (κ1) is 9.00. The van der Waals surface area contributed by atoms with Crippen molar-refractivity contribution < 1.29 is 5.11 Å². The summed E-state index contributed by atoms with van der Waals surface area (Å²) in [6.07, 6.45) is 1.28. The summed E-state index contributed by atoms with van der Waals surface area (Å²) in [4.78, 5) is 6.04. The van der Waals surface area contributed by atoms with E-state index in [-0.39, 0.29) is 0 Å². The maximum absolute atomic E-state index is 9.28. The van der Waals surface area contributed by atoms with E-state index in [4.69, 9.17) is 0 Å². The Hall–Kier alpha value is -1.09. The van der Waals surface area contributed by atoms with E-state index in [1.807, 2.05) is 31.1 Å². The number of nitrogens with zero attached hydrogens (tertiary/aromatic N) is 2. The third-order valence-corrected chi connectivity index (χ3v) is 1.71. The summed E-state index contributed by atoms with van der Waals surface area (Å²) in [6.45, 7) is 1.74. The molecule has 0 radical (unpaired) electrons. The summed E-state index contributed by atoms with van der Waals surface area (Å²) in [5.74, 6) is 0.869. The van der Waals surface area contributed by atoms with Gasteiger partial charge in [-0.25, -0.2) is 4.98 Å². The predicted octanol–water partition coefficient (Wildman–Crippen LogP) is 1.20. The zero-order valence-electron chi connectivity index (χ0n) is 7.65. The van der Waals surface area contributed by atoms with Gasteiger partial charge in [0.05, 0.1) is 6.10 Å². The molecule has 12 heavy (non-hydrogen) atoms. The molecule has 1 N–H and O–H groups in total. The number of anilines is 1. The molecule has 1 heterocycles. The quantitative estimate of drug-likeness (QED) is 0.717. The lowest BCUT2D eigenvalue weighted by atomic mass is 10.2. The molecule has 3 nitrogen and oxygen atoms in total. The Morgan fingerprint density at radius 2 is 2.17 bits per heavy atom. The number of pyridine rings is 1. The maximum Gasteiger partial charge on any atom is 0.128 e. The fourth-order valence-electron chi connectivity index (χ4n) is 0.939. The minimum atomic E-state index is -0.424. The molecule has 0 saturated heterocycles. The largest absolute Gasteiger partial charge is 0.389 e. The summed E-state index contributed by atoms with van der Waals surface area (Å²) < 4.78 is 0. The van der Waals surface area contributed by atoms with Crippen LogP contribution in [-0.2, 0) is 0 Å². The Labute approximate surface area is 72.7 Å². The molecule has 0 aliphatic carbocycles. The van der Waals surface area contributed by atoms with Gasteiger partial charge in [-0.3, -0.25) is 0 Å². The van der Waals surface area contributed by atoms with Crippen LogP contribution < -0.4 is 4.90 Å². The van der Waals surface area contributed by atoms with Gasteiger partial charge >= 0.3 is 0 Å². The van der Waals surface area contributed by atoms with E-state index in [9.17, 15) is 5.11 Å². The van der Waals surface area contributed by atoms with Crippen LogP contribution in [0.2, 0.25) is 0 Å². The standard InChI is InChI=1S/C9H14N2O/c1-7(12)8-4-5-10-9(6-8)11(2)3/h4-7,12H,1-3H3. The van der Waals surface area contributed by atoms with Crippen LogP contribution in [0.4, 0.5) is 5.82 Å². The smallest absolute Gasteiger partial charge is 0.128 e. The van der Waals surface area contributed by atoms with Crippen LogP contribution in [-0.4, -0.2) is 24.2 Å². The summed E-state index contributed by atoms with van der Waals surface area (Å²) in [7, 11) is 3.85. The minimum absolute atomic E-state index is 0.424. The molecule has 0 fully saturated rings. The van der Waals surface area contributed by atoms with E-state index in [1.165, 1.54) is 0 Å². The van der Waals surface area contributed by atoms with E-state index in [0.29, 0.717) is 0 Å². The van der Waals surface area contributed by atoms with Gasteiger partial charge in [0.25, 0.3) is 0 Å². The van der Waals surface area contributed by atoms with Gasteiger partial charge in [0.2, 0.25) is 0 Å². The molecule has 0 spiro atoms. The van der Waals surface area contributed by atoms with Gasteiger partial charge in [-0.15, -0.1) is 0 Å². The second-order valence-electron chi connectivity index (χ2n) is 3.02. The van der Waals surface area contributed by atoms with Crippen molar-refractivity contribution in [2.24, 2.45) is 0 Å². The van der Waals surface area contributed by atoms with Gasteiger partial charge < -0.3 is 10.0 Å². The van der Waals surface area contributed by atoms with Crippen molar-refractivity contribution in [2.45, 2.75) is 13.0 Å². The maximum atomic E-state index is 9.28. The highest BCUT2D eigenvalue weighted by Crippen LogP contribution is 2.15. The second kappa shape index (κ2) is 3.54. The molecule has 3 heteroatoms. The molecular formula is C9H14N2O. The van der Waals surface area contributed by atoms with Gasteiger partial charge in [0, 0.05) is 20.3 Å². The van der Waals surface area contributed by atoms with E-state index in [0.717, 1.165) is 11.4 Å². The molecule has 0 amide bonds. The average molecular weight is 166 g/mol. The summed E-state index contributed by atoms with van der Waals surface area (Å²) >= 11 is 0. The molecule has 1 unspecified atom stereocenters. The molecule has 0 saturated carbocycles. The van der Waals surface area contributed by atoms with Crippen molar-refractivity contribution in [3.63, 3.8) is 0 Å². The SMILES string of the molecule is CC(O)c1ccnc(N(C)C)c1. The number of aliphatic hydroxyl groups is 1. The minimum Gasteiger partial charge on any atom is -0.389 e. The molecule has 0 aliphatic heterocycles. The lowest BCUT2D eigenvalue weighted by Crippen LogP contribution is -2.10. The number of hydrogen-bond acceptors (Lipinski definition) is 3. The zero-order valence-corrected chi connectivity index (χ0v) is 7.65. The van der Waals surface area contributed by atoms with E-state index < -0.39 is 6.10 Å². The van der Waals surface area contributed by atoms with Gasteiger partial charge in [-0.2, -0.15) is 0 Å². The third-order valence-electron chi connectivity index (χ3n) is 1.71. The molecule has 0 bridgehead atoms. The van der Waals surface area contributed by atoms with Crippen LogP contribution in [0.25, 0.3) is 0 Å². The van der Waals surface area contributed by atoms with Crippen LogP contribution in [0.3, 0.4) is 0 Å². The number of aromatic nitrogens is 1. The Bertz CT molecular complexity index is 235. The lowest BCUT2D eigenvalue weighted by Gasteiger charge is -2.12. The van der Waals surface area contributed by atoms with Crippen LogP contribution in [0.1, 0.15) is 18.6 Å². The van der Waals surface area contributed by atoms with Crippen LogP contribution >= 0.6 is 0 Å². The summed E-state index contributed by atoms with van der Waals surface area (Å²) in [5, 5.41) is 9.28. The summed E-state index contributed by atoms with van der Waals surface area (Å²) in [5.41, 5.74) is 0.897. The normalized spacial score (nSPS) is 12.7. The van der Waals surface area contributed by atoms with E-state index >= 15 is 0 Å². The number of aliphatic hydroxyl groups excluding tert-OH is 1. The third kappa shape index (κ3) is 1.95. The fourth-order valence-corrected chi connectivity index (χ4v) is 0.939. The van der Waals surface area contributed by atoms with Gasteiger partial charge in [-0.1, -0.05) is 0 Å². The lowest BCUT2D eigenvalue weighted by molar-refractivity contribution is 0.199. The highest BCUT2D eigenvalue weighted by molar-refractivity contribution is 5.39. The van der Waals surface area contributed by atoms with Gasteiger partial charge in [0.15, 0.2) is 0 Å². The molecular weight excluding hydrogens is 152 g/mol. The van der Waals surface area contributed by atoms with Crippen LogP contribution in [0.15, 0.2) is 18.3 Å². The summed E-state index contributed by atoms with van der Waals surface area (Å²) in [6, 6.07) is 3.70. The molecule has 1 rings (SSSR count). The molecule has 1 aromatic heterocycles. The number of rotatable bonds is 2. The second-order valence-corrected chi connectivity index (χ2v) is 3.02. The fraction of sp³-hybridized carbons (Fsp3) is 0.444. The van der Waals surface area contributed by atoms with Gasteiger partial charge in [-0.05, 0) is 24.6 Å². The molecule has 0 aromatic carbocycles. The topological polar surface area (TPSA) is 36.4 Å². The molecule has 1 atom stereocenters. The average Bonchev–Trinajstić information content (AvgIpc) is 2.04. The monoisotopic (exact) mass is 166 g/mol. The van der Waals surface area contributed by atoms with Crippen LogP contribution in [0.5, 0.6) is 0 Å². The Kier molecular flexibility index (Phi) is 2.65. The van der Waals surface area contributed by atoms with E-state index in [1.54, 1.807) is 13.1 Å². The van der Waals surface area contributed by atoms with Crippen LogP contribution in [0, 0.1) is 0 Å². The van der Waals surface area contributed by atoms with Gasteiger partial charge in [0.1, 0.15) is 5.82 Å². The van der Waals surface area contributed by atoms with E-state index in [2.05, 4.69) is 4.98 Å². The highest BCUT2D eigenvalue weighted by atomic mass is 16.3. The van der Waals surface area contributed by atoms with Crippen molar-refractivity contribution in [1.29, 1.82) is 0 Å². The highest BCUT2D eigenvalue weighted by Gasteiger charge is 2.02. The predicted molar refractivity (Wildman–Crippen MR) is 49.2 cm³/mol. The first-order valence-corrected chi connectivity index (χ1v) is 3.92. The first-order chi connectivity index (χ1) is 5.61. The van der Waals surface area contributed by atoms with Crippen molar-refractivity contribution in [1.82, 2.24) is 4.98 Å². The van der Waals surface area contributed by atoms with Crippen molar-refractivity contribution in [3.05, 3.63) is 23.9 Å². The molecule has 0 aliphatic rings. The van der Waals surface area contributed by atoms with Crippen molar-refractivity contribution in [3.8, 4) is 0 Å². The first-order valence-electron chi connectivity index (χ1n) is 3.92. The Balaban J connectivity index is 2.96. The molecule has 66 valence electrons. The Morgan fingerprint density at radius 3 is 2.67 bits per heavy atom. The number of hydrogen-bond donors (Lipinski definition) is 1. The Morgan fingerprint density at radius 1 is 1.50 bits per heavy atom. The van der Waals surface area contributed by atoms with Crippen molar-refractivity contribution >= 4 is 5.82 Å². The molecule has 1 aromatic rings.